The Morgan fingerprint density at radius 3 is 1.60 bits per heavy atom. The molecule has 0 spiro atoms. The number of rotatable bonds is 30. The van der Waals surface area contributed by atoms with Gasteiger partial charge in [0, 0.05) is 18.8 Å². The quantitative estimate of drug-likeness (QED) is 0.0741. The molecule has 2 aliphatic heterocycles. The second kappa shape index (κ2) is 25.3. The molecule has 3 rings (SSSR count). The van der Waals surface area contributed by atoms with E-state index in [0.717, 1.165) is 44.3 Å². The van der Waals surface area contributed by atoms with Crippen LogP contribution in [0, 0.1) is 17.8 Å². The molecule has 2 fully saturated rings. The van der Waals surface area contributed by atoms with E-state index >= 15 is 0 Å². The van der Waals surface area contributed by atoms with E-state index in [4.69, 9.17) is 28.4 Å². The lowest BCUT2D eigenvalue weighted by molar-refractivity contribution is -0.141. The smallest absolute Gasteiger partial charge is 0.242 e. The van der Waals surface area contributed by atoms with Crippen LogP contribution < -0.4 is 9.47 Å². The lowest BCUT2D eigenvalue weighted by Crippen LogP contribution is -2.34. The van der Waals surface area contributed by atoms with E-state index in [1.165, 1.54) is 9.80 Å². The standard InChI is InChI=1S/C39H62N2O10S/c1-30(2)8-5-6-10-32-28-36(42)40(38(32)44)15-17-46-19-21-48-23-25-50-33-11-13-34(14-12-33)51-26-24-49-22-20-47-18-16-41-37(43)29-35(39(41)45)52-27-7-9-31(3)4/h11-14,30-32,35H,5-10,15-29H2,1-4H3. The first-order chi connectivity index (χ1) is 25.2. The largest absolute Gasteiger partial charge is 0.491 e. The van der Waals surface area contributed by atoms with E-state index in [-0.39, 0.29) is 47.8 Å². The topological polar surface area (TPSA) is 130 Å². The van der Waals surface area contributed by atoms with Crippen molar-refractivity contribution in [3.05, 3.63) is 24.3 Å². The van der Waals surface area contributed by atoms with Crippen molar-refractivity contribution in [3.8, 4) is 11.5 Å². The molecule has 2 atom stereocenters. The van der Waals surface area contributed by atoms with Crippen molar-refractivity contribution in [2.45, 2.75) is 84.3 Å². The molecule has 1 aromatic carbocycles. The number of nitrogens with zero attached hydrogens (tertiary/aromatic N) is 2. The number of hydrogen-bond donors (Lipinski definition) is 0. The number of amides is 4. The number of carbonyl (C=O) groups is 4. The molecular weight excluding hydrogens is 689 g/mol. The van der Waals surface area contributed by atoms with Gasteiger partial charge in [0.05, 0.1) is 71.2 Å². The third-order valence-corrected chi connectivity index (χ3v) is 10.1. The summed E-state index contributed by atoms with van der Waals surface area (Å²) >= 11 is 1.59. The molecule has 2 aliphatic rings. The zero-order valence-corrected chi connectivity index (χ0v) is 32.7. The van der Waals surface area contributed by atoms with Gasteiger partial charge in [-0.15, -0.1) is 11.8 Å². The highest BCUT2D eigenvalue weighted by atomic mass is 32.2. The molecule has 0 saturated carbocycles. The lowest BCUT2D eigenvalue weighted by Gasteiger charge is -2.15. The number of thioether (sulfide) groups is 1. The highest BCUT2D eigenvalue weighted by Gasteiger charge is 2.39. The van der Waals surface area contributed by atoms with Crippen LogP contribution in [0.3, 0.4) is 0 Å². The van der Waals surface area contributed by atoms with Crippen molar-refractivity contribution < 1.29 is 47.6 Å². The summed E-state index contributed by atoms with van der Waals surface area (Å²) in [7, 11) is 0. The fraction of sp³-hybridized carbons (Fsp3) is 0.744. The van der Waals surface area contributed by atoms with Crippen LogP contribution in [0.25, 0.3) is 0 Å². The van der Waals surface area contributed by atoms with Crippen molar-refractivity contribution in [1.29, 1.82) is 0 Å². The maximum Gasteiger partial charge on any atom is 0.242 e. The zero-order chi connectivity index (χ0) is 37.6. The first kappa shape index (κ1) is 43.7. The molecule has 0 radical (unpaired) electrons. The van der Waals surface area contributed by atoms with Gasteiger partial charge in [-0.1, -0.05) is 53.4 Å². The van der Waals surface area contributed by atoms with Gasteiger partial charge >= 0.3 is 0 Å². The van der Waals surface area contributed by atoms with Crippen molar-refractivity contribution >= 4 is 35.4 Å². The van der Waals surface area contributed by atoms with Crippen LogP contribution in [-0.4, -0.2) is 124 Å². The van der Waals surface area contributed by atoms with Gasteiger partial charge in [-0.25, -0.2) is 0 Å². The minimum absolute atomic E-state index is 0.0566. The monoisotopic (exact) mass is 750 g/mol. The van der Waals surface area contributed by atoms with E-state index in [1.807, 2.05) is 24.3 Å². The van der Waals surface area contributed by atoms with Gasteiger partial charge in [-0.05, 0) is 54.7 Å². The van der Waals surface area contributed by atoms with Crippen molar-refractivity contribution in [2.24, 2.45) is 17.8 Å². The highest BCUT2D eigenvalue weighted by Crippen LogP contribution is 2.27. The number of imide groups is 2. The normalized spacial score (nSPS) is 17.8. The van der Waals surface area contributed by atoms with Crippen molar-refractivity contribution in [3.63, 3.8) is 0 Å². The van der Waals surface area contributed by atoms with Gasteiger partial charge < -0.3 is 28.4 Å². The lowest BCUT2D eigenvalue weighted by atomic mass is 9.97. The Bertz CT molecular complexity index is 1110. The average molecular weight is 751 g/mol. The van der Waals surface area contributed by atoms with Gasteiger partial charge in [-0.3, -0.25) is 29.0 Å². The van der Waals surface area contributed by atoms with Crippen molar-refractivity contribution in [1.82, 2.24) is 9.80 Å². The fourth-order valence-corrected chi connectivity index (χ4v) is 7.06. The minimum atomic E-state index is -0.256. The average Bonchev–Trinajstić information content (AvgIpc) is 3.54. The molecule has 13 heteroatoms. The zero-order valence-electron chi connectivity index (χ0n) is 31.9. The van der Waals surface area contributed by atoms with Gasteiger partial charge in [0.15, 0.2) is 0 Å². The molecule has 0 aliphatic carbocycles. The van der Waals surface area contributed by atoms with Gasteiger partial charge in [0.25, 0.3) is 0 Å². The fourth-order valence-electron chi connectivity index (χ4n) is 5.92. The summed E-state index contributed by atoms with van der Waals surface area (Å²) in [4.78, 5) is 52.4. The summed E-state index contributed by atoms with van der Waals surface area (Å²) < 4.78 is 33.7. The van der Waals surface area contributed by atoms with Crippen LogP contribution in [0.5, 0.6) is 11.5 Å². The first-order valence-electron chi connectivity index (χ1n) is 19.1. The Hall–Kier alpha value is -2.71. The molecule has 2 saturated heterocycles. The van der Waals surface area contributed by atoms with Crippen LogP contribution in [-0.2, 0) is 38.1 Å². The third kappa shape index (κ3) is 17.0. The molecular formula is C39H62N2O10S. The van der Waals surface area contributed by atoms with Crippen LogP contribution in [0.1, 0.15) is 79.1 Å². The summed E-state index contributed by atoms with van der Waals surface area (Å²) in [5, 5.41) is -0.256. The van der Waals surface area contributed by atoms with E-state index in [9.17, 15) is 19.2 Å². The predicted octanol–water partition coefficient (Wildman–Crippen LogP) is 5.40. The maximum atomic E-state index is 12.6. The van der Waals surface area contributed by atoms with E-state index in [0.29, 0.717) is 102 Å². The molecule has 0 N–H and O–H groups in total. The predicted molar refractivity (Wildman–Crippen MR) is 200 cm³/mol. The Labute approximate surface area is 314 Å². The van der Waals surface area contributed by atoms with Gasteiger partial charge in [0.2, 0.25) is 23.6 Å². The summed E-state index contributed by atoms with van der Waals surface area (Å²) in [6, 6.07) is 7.31. The van der Waals surface area contributed by atoms with Crippen LogP contribution >= 0.6 is 11.8 Å². The first-order valence-corrected chi connectivity index (χ1v) is 20.2. The molecule has 2 heterocycles. The Morgan fingerprint density at radius 1 is 0.596 bits per heavy atom. The number of likely N-dealkylation sites (tertiary alicyclic amines) is 2. The Kier molecular flexibility index (Phi) is 21.3. The number of hydrogen-bond acceptors (Lipinski definition) is 11. The molecule has 52 heavy (non-hydrogen) atoms. The van der Waals surface area contributed by atoms with E-state index in [2.05, 4.69) is 27.7 Å². The molecule has 4 amide bonds. The summed E-state index contributed by atoms with van der Waals surface area (Å²) in [5.74, 6) is 3.08. The summed E-state index contributed by atoms with van der Waals surface area (Å²) in [6.07, 6.45) is 6.81. The Morgan fingerprint density at radius 2 is 1.06 bits per heavy atom. The number of ether oxygens (including phenoxy) is 6. The van der Waals surface area contributed by atoms with E-state index in [1.54, 1.807) is 11.8 Å². The second-order valence-corrected chi connectivity index (χ2v) is 15.4. The third-order valence-electron chi connectivity index (χ3n) is 8.85. The van der Waals surface area contributed by atoms with E-state index < -0.39 is 0 Å². The SMILES string of the molecule is CC(C)CCCCC1CC(=O)N(CCOCCOCCOc2ccc(OCCOCCOCCN3C(=O)CC(SCCCC(C)C)C3=O)cc2)C1=O. The van der Waals surface area contributed by atoms with Crippen LogP contribution in [0.15, 0.2) is 24.3 Å². The molecule has 0 aromatic heterocycles. The molecule has 1 aromatic rings. The molecule has 2 unspecified atom stereocenters. The number of benzene rings is 1. The van der Waals surface area contributed by atoms with Crippen LogP contribution in [0.2, 0.25) is 0 Å². The van der Waals surface area contributed by atoms with Crippen LogP contribution in [0.4, 0.5) is 0 Å². The second-order valence-electron chi connectivity index (χ2n) is 14.1. The maximum absolute atomic E-state index is 12.6. The Balaban J connectivity index is 1.11. The van der Waals surface area contributed by atoms with Crippen molar-refractivity contribution in [2.75, 3.05) is 84.9 Å². The number of carbonyl (C=O) groups excluding carboxylic acids is 4. The number of unbranched alkanes of at least 4 members (excludes halogenated alkanes) is 1. The van der Waals surface area contributed by atoms with Gasteiger partial charge in [-0.2, -0.15) is 0 Å². The molecule has 0 bridgehead atoms. The van der Waals surface area contributed by atoms with Gasteiger partial charge in [0.1, 0.15) is 24.7 Å². The summed E-state index contributed by atoms with van der Waals surface area (Å²) in [5.41, 5.74) is 0. The summed E-state index contributed by atoms with van der Waals surface area (Å²) in [6.45, 7) is 13.0. The molecule has 294 valence electrons. The minimum Gasteiger partial charge on any atom is -0.491 e. The highest BCUT2D eigenvalue weighted by molar-refractivity contribution is 8.00. The molecule has 12 nitrogen and oxygen atoms in total.